The number of halogens is 3. The Labute approximate surface area is 121 Å². The summed E-state index contributed by atoms with van der Waals surface area (Å²) in [5, 5.41) is 18.7. The minimum absolute atomic E-state index is 0.0532. The molecule has 20 heavy (non-hydrogen) atoms. The van der Waals surface area contributed by atoms with Gasteiger partial charge in [-0.15, -0.1) is 0 Å². The Hall–Kier alpha value is -0.810. The van der Waals surface area contributed by atoms with Gasteiger partial charge in [0.25, 0.3) is 0 Å². The molecule has 10 heteroatoms. The van der Waals surface area contributed by atoms with Gasteiger partial charge in [0, 0.05) is 6.20 Å². The number of hydrogen-bond donors (Lipinski definition) is 3. The predicted octanol–water partition coefficient (Wildman–Crippen LogP) is 1.70. The number of aromatic amines is 1. The topological polar surface area (TPSA) is 70.4 Å². The van der Waals surface area contributed by atoms with Crippen LogP contribution in [0.25, 0.3) is 0 Å². The molecule has 0 saturated carbocycles. The Bertz CT molecular complexity index is 600. The van der Waals surface area contributed by atoms with E-state index in [0.29, 0.717) is 0 Å². The number of nitrogens with zero attached hydrogens (tertiary/aromatic N) is 1. The molecule has 0 spiro atoms. The zero-order valence-electron chi connectivity index (χ0n) is 9.87. The minimum atomic E-state index is -4.70. The molecule has 0 aliphatic carbocycles. The molecular formula is C10H11F3N2O3S2. The molecule has 5 nitrogen and oxygen atoms in total. The summed E-state index contributed by atoms with van der Waals surface area (Å²) in [5.74, 6) is -2.18. The number of aliphatic hydroxyl groups is 2. The average molecular weight is 328 g/mol. The van der Waals surface area contributed by atoms with E-state index >= 15 is 0 Å². The van der Waals surface area contributed by atoms with Gasteiger partial charge in [-0.3, -0.25) is 4.57 Å². The maximum absolute atomic E-state index is 13.1. The van der Waals surface area contributed by atoms with E-state index in [1.54, 1.807) is 0 Å². The Kier molecular flexibility index (Phi) is 4.30. The number of hydrogen-bond acceptors (Lipinski definition) is 5. The molecule has 1 saturated heterocycles. The third-order valence-electron chi connectivity index (χ3n) is 3.05. The van der Waals surface area contributed by atoms with E-state index < -0.39 is 37.1 Å². The lowest BCUT2D eigenvalue weighted by Crippen LogP contribution is -2.38. The summed E-state index contributed by atoms with van der Waals surface area (Å²) in [6.07, 6.45) is -8.18. The molecule has 0 bridgehead atoms. The van der Waals surface area contributed by atoms with E-state index in [1.807, 2.05) is 0 Å². The van der Waals surface area contributed by atoms with Gasteiger partial charge in [0.15, 0.2) is 11.0 Å². The largest absolute Gasteiger partial charge is 0.398 e. The van der Waals surface area contributed by atoms with Gasteiger partial charge in [0.2, 0.25) is 0 Å². The Morgan fingerprint density at radius 3 is 2.55 bits per heavy atom. The number of aliphatic hydroxyl groups excluding tert-OH is 2. The van der Waals surface area contributed by atoms with Crippen LogP contribution in [0.4, 0.5) is 13.2 Å². The Morgan fingerprint density at radius 1 is 1.40 bits per heavy atom. The van der Waals surface area contributed by atoms with Crippen LogP contribution in [0.15, 0.2) is 12.3 Å². The SMILES string of the molecule is OCC1OC(n2ccc(=S)[nH]c2=S)C(C(F)(F)F)C1O. The van der Waals surface area contributed by atoms with E-state index in [4.69, 9.17) is 34.3 Å². The molecule has 112 valence electrons. The molecule has 1 aliphatic rings. The fourth-order valence-electron chi connectivity index (χ4n) is 2.12. The number of rotatable bonds is 2. The van der Waals surface area contributed by atoms with Crippen molar-refractivity contribution in [2.24, 2.45) is 5.92 Å². The number of ether oxygens (including phenoxy) is 1. The van der Waals surface area contributed by atoms with Gasteiger partial charge in [-0.1, -0.05) is 12.2 Å². The van der Waals surface area contributed by atoms with Crippen molar-refractivity contribution in [1.29, 1.82) is 0 Å². The van der Waals surface area contributed by atoms with Crippen molar-refractivity contribution in [2.75, 3.05) is 6.61 Å². The predicted molar refractivity (Wildman–Crippen MR) is 67.0 cm³/mol. The van der Waals surface area contributed by atoms with Gasteiger partial charge < -0.3 is 19.9 Å². The lowest BCUT2D eigenvalue weighted by Gasteiger charge is -2.24. The second-order valence-corrected chi connectivity index (χ2v) is 5.15. The van der Waals surface area contributed by atoms with Crippen LogP contribution < -0.4 is 0 Å². The molecule has 0 radical (unpaired) electrons. The van der Waals surface area contributed by atoms with Crippen molar-refractivity contribution >= 4 is 24.4 Å². The summed E-state index contributed by atoms with van der Waals surface area (Å²) in [7, 11) is 0. The molecule has 2 rings (SSSR count). The molecule has 0 amide bonds. The normalized spacial score (nSPS) is 30.6. The first-order chi connectivity index (χ1) is 9.25. The zero-order chi connectivity index (χ0) is 15.1. The smallest absolute Gasteiger partial charge is 0.394 e. The summed E-state index contributed by atoms with van der Waals surface area (Å²) >= 11 is 9.73. The lowest BCUT2D eigenvalue weighted by molar-refractivity contribution is -0.211. The van der Waals surface area contributed by atoms with Crippen molar-refractivity contribution in [3.05, 3.63) is 21.7 Å². The van der Waals surface area contributed by atoms with Gasteiger partial charge in [-0.25, -0.2) is 0 Å². The average Bonchev–Trinajstić information content (AvgIpc) is 2.65. The molecule has 1 fully saturated rings. The highest BCUT2D eigenvalue weighted by Gasteiger charge is 2.57. The standard InChI is InChI=1S/C10H11F3N2O3S2/c11-10(12,13)6-7(17)4(3-16)18-8(6)15-2-1-5(19)14-9(15)20/h1-2,4,6-8,16-17H,3H2,(H,14,19,20). The monoisotopic (exact) mass is 328 g/mol. The highest BCUT2D eigenvalue weighted by molar-refractivity contribution is 7.72. The van der Waals surface area contributed by atoms with Crippen molar-refractivity contribution in [1.82, 2.24) is 9.55 Å². The molecule has 1 aromatic heterocycles. The Balaban J connectivity index is 2.47. The summed E-state index contributed by atoms with van der Waals surface area (Å²) in [6, 6.07) is 1.36. The lowest BCUT2D eigenvalue weighted by atomic mass is 9.99. The Morgan fingerprint density at radius 2 is 2.05 bits per heavy atom. The fraction of sp³-hybridized carbons (Fsp3) is 0.600. The van der Waals surface area contributed by atoms with E-state index in [-0.39, 0.29) is 9.41 Å². The highest BCUT2D eigenvalue weighted by atomic mass is 32.1. The molecule has 3 N–H and O–H groups in total. The quantitative estimate of drug-likeness (QED) is 0.721. The van der Waals surface area contributed by atoms with Gasteiger partial charge in [-0.2, -0.15) is 13.2 Å². The van der Waals surface area contributed by atoms with Crippen molar-refractivity contribution < 1.29 is 28.1 Å². The molecule has 0 aromatic carbocycles. The first-order valence-electron chi connectivity index (χ1n) is 5.58. The van der Waals surface area contributed by atoms with E-state index in [1.165, 1.54) is 12.3 Å². The van der Waals surface area contributed by atoms with E-state index in [9.17, 15) is 18.3 Å². The van der Waals surface area contributed by atoms with Crippen LogP contribution in [0.5, 0.6) is 0 Å². The zero-order valence-corrected chi connectivity index (χ0v) is 11.5. The summed E-state index contributed by atoms with van der Waals surface area (Å²) < 4.78 is 45.5. The van der Waals surface area contributed by atoms with Crippen LogP contribution in [0.3, 0.4) is 0 Å². The number of alkyl halides is 3. The maximum Gasteiger partial charge on any atom is 0.398 e. The second kappa shape index (κ2) is 5.53. The van der Waals surface area contributed by atoms with E-state index in [0.717, 1.165) is 4.57 Å². The summed E-state index contributed by atoms with van der Waals surface area (Å²) in [6.45, 7) is -0.722. The maximum atomic E-state index is 13.1. The summed E-state index contributed by atoms with van der Waals surface area (Å²) in [5.41, 5.74) is 0. The van der Waals surface area contributed by atoms with Gasteiger partial charge in [-0.05, 0) is 18.3 Å². The van der Waals surface area contributed by atoms with E-state index in [2.05, 4.69) is 4.98 Å². The molecule has 2 heterocycles. The number of nitrogens with one attached hydrogen (secondary N) is 1. The van der Waals surface area contributed by atoms with Crippen LogP contribution in [0.2, 0.25) is 0 Å². The van der Waals surface area contributed by atoms with Crippen LogP contribution in [-0.2, 0) is 4.74 Å². The number of H-pyrrole nitrogens is 1. The highest BCUT2D eigenvalue weighted by Crippen LogP contribution is 2.44. The third-order valence-corrected chi connectivity index (χ3v) is 3.60. The van der Waals surface area contributed by atoms with Crippen LogP contribution in [0.1, 0.15) is 6.23 Å². The van der Waals surface area contributed by atoms with Crippen LogP contribution in [0, 0.1) is 15.3 Å². The van der Waals surface area contributed by atoms with Crippen LogP contribution >= 0.6 is 24.4 Å². The third kappa shape index (κ3) is 2.79. The molecule has 1 aliphatic heterocycles. The van der Waals surface area contributed by atoms with Crippen molar-refractivity contribution in [2.45, 2.75) is 24.6 Å². The van der Waals surface area contributed by atoms with Crippen molar-refractivity contribution in [3.63, 3.8) is 0 Å². The molecule has 1 aromatic rings. The molecule has 4 unspecified atom stereocenters. The summed E-state index contributed by atoms with van der Waals surface area (Å²) in [4.78, 5) is 2.54. The van der Waals surface area contributed by atoms with Gasteiger partial charge >= 0.3 is 6.18 Å². The molecule has 4 atom stereocenters. The van der Waals surface area contributed by atoms with Gasteiger partial charge in [0.1, 0.15) is 16.7 Å². The minimum Gasteiger partial charge on any atom is -0.394 e. The van der Waals surface area contributed by atoms with Gasteiger partial charge in [0.05, 0.1) is 12.7 Å². The fourth-order valence-corrected chi connectivity index (χ4v) is 2.61. The number of aromatic nitrogens is 2. The first kappa shape index (κ1) is 15.6. The molecular weight excluding hydrogens is 317 g/mol. The van der Waals surface area contributed by atoms with Crippen LogP contribution in [-0.4, -0.2) is 44.8 Å². The van der Waals surface area contributed by atoms with Crippen molar-refractivity contribution in [3.8, 4) is 0 Å². The first-order valence-corrected chi connectivity index (χ1v) is 6.40. The second-order valence-electron chi connectivity index (χ2n) is 4.32.